The van der Waals surface area contributed by atoms with Crippen LogP contribution in [-0.4, -0.2) is 16.1 Å². The zero-order chi connectivity index (χ0) is 13.1. The minimum Gasteiger partial charge on any atom is -0.310 e. The fourth-order valence-electron chi connectivity index (χ4n) is 2.30. The number of imidazole rings is 1. The summed E-state index contributed by atoms with van der Waals surface area (Å²) >= 11 is 0. The third kappa shape index (κ3) is 2.25. The van der Waals surface area contributed by atoms with Gasteiger partial charge in [0.2, 0.25) is 0 Å². The van der Waals surface area contributed by atoms with Crippen LogP contribution >= 0.6 is 0 Å². The van der Waals surface area contributed by atoms with Crippen LogP contribution in [0.25, 0.3) is 16.7 Å². The molecule has 0 saturated carbocycles. The Kier molecular flexibility index (Phi) is 3.29. The number of fused-ring (bicyclic) bond motifs is 1. The molecule has 0 radical (unpaired) electrons. The number of nitrogens with one attached hydrogen (secondary N) is 1. The molecule has 96 valence electrons. The first-order chi connectivity index (χ1) is 9.40. The van der Waals surface area contributed by atoms with Crippen molar-refractivity contribution in [2.24, 2.45) is 0 Å². The van der Waals surface area contributed by atoms with Crippen LogP contribution in [0.4, 0.5) is 0 Å². The summed E-state index contributed by atoms with van der Waals surface area (Å²) in [7, 11) is 0. The van der Waals surface area contributed by atoms with E-state index in [1.165, 1.54) is 0 Å². The van der Waals surface area contributed by atoms with E-state index in [1.807, 2.05) is 12.1 Å². The van der Waals surface area contributed by atoms with E-state index in [-0.39, 0.29) is 0 Å². The van der Waals surface area contributed by atoms with E-state index in [0.717, 1.165) is 35.6 Å². The van der Waals surface area contributed by atoms with Crippen molar-refractivity contribution in [3.05, 3.63) is 60.4 Å². The number of rotatable bonds is 4. The second kappa shape index (κ2) is 5.24. The molecule has 0 bridgehead atoms. The first-order valence-corrected chi connectivity index (χ1v) is 6.62. The van der Waals surface area contributed by atoms with Crippen LogP contribution in [0, 0.1) is 0 Å². The smallest absolute Gasteiger partial charge is 0.128 e. The molecule has 0 fully saturated rings. The van der Waals surface area contributed by atoms with Gasteiger partial charge >= 0.3 is 0 Å². The van der Waals surface area contributed by atoms with E-state index in [1.54, 1.807) is 0 Å². The third-order valence-corrected chi connectivity index (χ3v) is 3.18. The maximum atomic E-state index is 4.73. The van der Waals surface area contributed by atoms with Gasteiger partial charge in [0, 0.05) is 5.69 Å². The first kappa shape index (κ1) is 11.9. The highest BCUT2D eigenvalue weighted by Crippen LogP contribution is 2.21. The molecular weight excluding hydrogens is 234 g/mol. The normalized spacial score (nSPS) is 11.0. The largest absolute Gasteiger partial charge is 0.310 e. The summed E-state index contributed by atoms with van der Waals surface area (Å²) in [5.41, 5.74) is 3.35. The molecule has 0 aliphatic rings. The van der Waals surface area contributed by atoms with E-state index in [2.05, 4.69) is 59.3 Å². The maximum Gasteiger partial charge on any atom is 0.128 e. The van der Waals surface area contributed by atoms with Crippen molar-refractivity contribution < 1.29 is 0 Å². The molecule has 0 atom stereocenters. The van der Waals surface area contributed by atoms with Gasteiger partial charge in [-0.15, -0.1) is 0 Å². The number of nitrogens with zero attached hydrogens (tertiary/aromatic N) is 2. The molecule has 0 unspecified atom stereocenters. The Morgan fingerprint density at radius 1 is 1.00 bits per heavy atom. The summed E-state index contributed by atoms with van der Waals surface area (Å²) in [6.07, 6.45) is 0. The van der Waals surface area contributed by atoms with E-state index in [9.17, 15) is 0 Å². The minimum atomic E-state index is 0.778. The molecule has 1 N–H and O–H groups in total. The highest BCUT2D eigenvalue weighted by molar-refractivity contribution is 5.78. The Morgan fingerprint density at radius 2 is 1.74 bits per heavy atom. The van der Waals surface area contributed by atoms with Crippen molar-refractivity contribution in [3.8, 4) is 5.69 Å². The summed E-state index contributed by atoms with van der Waals surface area (Å²) in [5.74, 6) is 1.05. The zero-order valence-electron chi connectivity index (χ0n) is 11.0. The van der Waals surface area contributed by atoms with Crippen molar-refractivity contribution in [1.82, 2.24) is 14.9 Å². The van der Waals surface area contributed by atoms with Crippen LogP contribution in [0.2, 0.25) is 0 Å². The van der Waals surface area contributed by atoms with Gasteiger partial charge in [-0.1, -0.05) is 37.3 Å². The Hall–Kier alpha value is -2.13. The summed E-state index contributed by atoms with van der Waals surface area (Å²) in [5, 5.41) is 3.35. The highest BCUT2D eigenvalue weighted by atomic mass is 15.1. The van der Waals surface area contributed by atoms with Crippen LogP contribution in [0.5, 0.6) is 0 Å². The van der Waals surface area contributed by atoms with Gasteiger partial charge in [0.15, 0.2) is 0 Å². The SMILES string of the molecule is CCNCc1nc2ccccc2n1-c1ccccc1. The van der Waals surface area contributed by atoms with Crippen molar-refractivity contribution in [2.45, 2.75) is 13.5 Å². The quantitative estimate of drug-likeness (QED) is 0.772. The van der Waals surface area contributed by atoms with Crippen molar-refractivity contribution in [1.29, 1.82) is 0 Å². The summed E-state index contributed by atoms with van der Waals surface area (Å²) in [6, 6.07) is 18.6. The summed E-state index contributed by atoms with van der Waals surface area (Å²) < 4.78 is 2.22. The lowest BCUT2D eigenvalue weighted by atomic mass is 10.3. The lowest BCUT2D eigenvalue weighted by Crippen LogP contribution is -2.15. The van der Waals surface area contributed by atoms with Gasteiger partial charge < -0.3 is 5.32 Å². The average molecular weight is 251 g/mol. The predicted octanol–water partition coefficient (Wildman–Crippen LogP) is 3.14. The van der Waals surface area contributed by atoms with E-state index >= 15 is 0 Å². The number of benzene rings is 2. The zero-order valence-corrected chi connectivity index (χ0v) is 11.0. The second-order valence-corrected chi connectivity index (χ2v) is 4.47. The average Bonchev–Trinajstić information content (AvgIpc) is 2.84. The molecule has 3 nitrogen and oxygen atoms in total. The lowest BCUT2D eigenvalue weighted by molar-refractivity contribution is 0.684. The van der Waals surface area contributed by atoms with E-state index in [0.29, 0.717) is 0 Å². The highest BCUT2D eigenvalue weighted by Gasteiger charge is 2.10. The topological polar surface area (TPSA) is 29.9 Å². The van der Waals surface area contributed by atoms with E-state index < -0.39 is 0 Å². The molecule has 3 rings (SSSR count). The molecule has 0 aliphatic heterocycles. The van der Waals surface area contributed by atoms with Gasteiger partial charge in [-0.3, -0.25) is 4.57 Å². The van der Waals surface area contributed by atoms with Crippen molar-refractivity contribution in [3.63, 3.8) is 0 Å². The second-order valence-electron chi connectivity index (χ2n) is 4.47. The molecule has 0 saturated heterocycles. The molecule has 0 aliphatic carbocycles. The minimum absolute atomic E-state index is 0.778. The van der Waals surface area contributed by atoms with Gasteiger partial charge in [0.25, 0.3) is 0 Å². The number of aromatic nitrogens is 2. The Morgan fingerprint density at radius 3 is 2.53 bits per heavy atom. The van der Waals surface area contributed by atoms with Gasteiger partial charge in [0.05, 0.1) is 17.6 Å². The molecule has 1 aromatic heterocycles. The molecule has 3 aromatic rings. The lowest BCUT2D eigenvalue weighted by Gasteiger charge is -2.09. The van der Waals surface area contributed by atoms with Crippen LogP contribution in [0.3, 0.4) is 0 Å². The molecular formula is C16H17N3. The third-order valence-electron chi connectivity index (χ3n) is 3.18. The van der Waals surface area contributed by atoms with Gasteiger partial charge in [-0.2, -0.15) is 0 Å². The van der Waals surface area contributed by atoms with Crippen LogP contribution in [0.15, 0.2) is 54.6 Å². The summed E-state index contributed by atoms with van der Waals surface area (Å²) in [6.45, 7) is 3.83. The van der Waals surface area contributed by atoms with Crippen molar-refractivity contribution in [2.75, 3.05) is 6.54 Å². The van der Waals surface area contributed by atoms with Gasteiger partial charge in [-0.25, -0.2) is 4.98 Å². The molecule has 3 heteroatoms. The molecule has 2 aromatic carbocycles. The van der Waals surface area contributed by atoms with Gasteiger partial charge in [0.1, 0.15) is 5.82 Å². The predicted molar refractivity (Wildman–Crippen MR) is 78.5 cm³/mol. The van der Waals surface area contributed by atoms with Crippen LogP contribution in [0.1, 0.15) is 12.7 Å². The Bertz CT molecular complexity index is 671. The van der Waals surface area contributed by atoms with E-state index in [4.69, 9.17) is 4.98 Å². The number of para-hydroxylation sites is 3. The fourth-order valence-corrected chi connectivity index (χ4v) is 2.30. The molecule has 19 heavy (non-hydrogen) atoms. The number of hydrogen-bond donors (Lipinski definition) is 1. The molecule has 1 heterocycles. The Balaban J connectivity index is 2.19. The molecule has 0 amide bonds. The Labute approximate surface area is 112 Å². The maximum absolute atomic E-state index is 4.73. The van der Waals surface area contributed by atoms with Crippen LogP contribution < -0.4 is 5.32 Å². The molecule has 0 spiro atoms. The standard InChI is InChI=1S/C16H17N3/c1-2-17-12-16-18-14-10-6-7-11-15(14)19(16)13-8-4-3-5-9-13/h3-11,17H,2,12H2,1H3. The van der Waals surface area contributed by atoms with Crippen LogP contribution in [-0.2, 0) is 6.54 Å². The summed E-state index contributed by atoms with van der Waals surface area (Å²) in [4.78, 5) is 4.73. The monoisotopic (exact) mass is 251 g/mol. The first-order valence-electron chi connectivity index (χ1n) is 6.62. The van der Waals surface area contributed by atoms with Crippen molar-refractivity contribution >= 4 is 11.0 Å². The fraction of sp³-hybridized carbons (Fsp3) is 0.188. The number of hydrogen-bond acceptors (Lipinski definition) is 2. The van der Waals surface area contributed by atoms with Gasteiger partial charge in [-0.05, 0) is 30.8 Å².